The van der Waals surface area contributed by atoms with Gasteiger partial charge in [-0.15, -0.1) is 0 Å². The molecular weight excluding hydrogens is 254 g/mol. The predicted molar refractivity (Wildman–Crippen MR) is 52.8 cm³/mol. The molecule has 1 aromatic rings. The Morgan fingerprint density at radius 1 is 1.33 bits per heavy atom. The van der Waals surface area contributed by atoms with Gasteiger partial charge in [-0.05, 0) is 19.1 Å². The van der Waals surface area contributed by atoms with E-state index in [9.17, 15) is 22.4 Å². The summed E-state index contributed by atoms with van der Waals surface area (Å²) < 4.78 is 53.4. The number of ether oxygens (including phenoxy) is 1. The summed E-state index contributed by atoms with van der Waals surface area (Å²) in [6, 6.07) is 2.91. The lowest BCUT2D eigenvalue weighted by molar-refractivity contribution is -0.0503. The summed E-state index contributed by atoms with van der Waals surface area (Å²) in [5.74, 6) is -1.42. The molecule has 7 heteroatoms. The first-order valence-electron chi connectivity index (χ1n) is 4.68. The third kappa shape index (κ3) is 2.97. The van der Waals surface area contributed by atoms with Gasteiger partial charge in [-0.25, -0.2) is 8.78 Å². The van der Waals surface area contributed by atoms with Crippen molar-refractivity contribution in [3.8, 4) is 11.8 Å². The summed E-state index contributed by atoms with van der Waals surface area (Å²) in [6.07, 6.45) is -2.92. The molecular formula is C11H7F4NO2. The number of hydrogen-bond acceptors (Lipinski definition) is 3. The fourth-order valence-electron chi connectivity index (χ4n) is 1.34. The largest absolute Gasteiger partial charge is 0.433 e. The van der Waals surface area contributed by atoms with Gasteiger partial charge in [-0.1, -0.05) is 0 Å². The van der Waals surface area contributed by atoms with Crippen LogP contribution >= 0.6 is 0 Å². The van der Waals surface area contributed by atoms with Crippen LogP contribution in [0.4, 0.5) is 17.6 Å². The van der Waals surface area contributed by atoms with Gasteiger partial charge in [0, 0.05) is 5.56 Å². The van der Waals surface area contributed by atoms with Crippen molar-refractivity contribution in [1.29, 1.82) is 5.26 Å². The molecule has 0 aliphatic carbocycles. The number of benzene rings is 1. The molecule has 0 radical (unpaired) electrons. The Kier molecular flexibility index (Phi) is 4.26. The zero-order chi connectivity index (χ0) is 13.9. The van der Waals surface area contributed by atoms with Gasteiger partial charge < -0.3 is 4.74 Å². The zero-order valence-corrected chi connectivity index (χ0v) is 9.08. The highest BCUT2D eigenvalue weighted by Crippen LogP contribution is 2.31. The third-order valence-electron chi connectivity index (χ3n) is 2.07. The van der Waals surface area contributed by atoms with Crippen molar-refractivity contribution in [2.45, 2.75) is 20.0 Å². The third-order valence-corrected chi connectivity index (χ3v) is 2.07. The Bertz CT molecular complexity index is 509. The second-order valence-electron chi connectivity index (χ2n) is 3.29. The first-order chi connectivity index (χ1) is 8.36. The van der Waals surface area contributed by atoms with Gasteiger partial charge in [0.1, 0.15) is 6.07 Å². The molecule has 0 atom stereocenters. The number of nitrogens with zero attached hydrogens (tertiary/aromatic N) is 1. The fraction of sp³-hybridized carbons (Fsp3) is 0.273. The van der Waals surface area contributed by atoms with Gasteiger partial charge in [0.2, 0.25) is 0 Å². The quantitative estimate of drug-likeness (QED) is 0.617. The molecule has 3 nitrogen and oxygen atoms in total. The van der Waals surface area contributed by atoms with Crippen LogP contribution in [0, 0.1) is 11.3 Å². The first-order valence-corrected chi connectivity index (χ1v) is 4.68. The average molecular weight is 261 g/mol. The standard InChI is InChI=1S/C11H7F4NO2/c1-5(17)8-3-6(10(12)13)2-7(4-16)9(8)18-11(14)15/h2-3,10-11H,1H3. The Hall–Kier alpha value is -2.10. The van der Waals surface area contributed by atoms with Crippen LogP contribution < -0.4 is 4.74 Å². The molecule has 0 N–H and O–H groups in total. The van der Waals surface area contributed by atoms with Crippen LogP contribution in [0.25, 0.3) is 0 Å². The molecule has 0 bridgehead atoms. The number of halogens is 4. The van der Waals surface area contributed by atoms with Crippen molar-refractivity contribution in [1.82, 2.24) is 0 Å². The second kappa shape index (κ2) is 5.49. The van der Waals surface area contributed by atoms with Crippen LogP contribution in [0.15, 0.2) is 12.1 Å². The van der Waals surface area contributed by atoms with E-state index in [-0.39, 0.29) is 0 Å². The molecule has 0 aliphatic rings. The van der Waals surface area contributed by atoms with Crippen LogP contribution in [0.3, 0.4) is 0 Å². The molecule has 0 aromatic heterocycles. The van der Waals surface area contributed by atoms with E-state index >= 15 is 0 Å². The first kappa shape index (κ1) is 14.0. The molecule has 0 fully saturated rings. The summed E-state index contributed by atoms with van der Waals surface area (Å²) in [5, 5.41) is 8.71. The monoisotopic (exact) mass is 261 g/mol. The summed E-state index contributed by atoms with van der Waals surface area (Å²) in [7, 11) is 0. The van der Waals surface area contributed by atoms with Gasteiger partial charge in [-0.3, -0.25) is 4.79 Å². The lowest BCUT2D eigenvalue weighted by Gasteiger charge is -2.12. The molecule has 96 valence electrons. The van der Waals surface area contributed by atoms with E-state index in [0.717, 1.165) is 19.1 Å². The molecule has 0 saturated heterocycles. The minimum absolute atomic E-state index is 0.468. The molecule has 1 rings (SSSR count). The van der Waals surface area contributed by atoms with E-state index < -0.39 is 41.3 Å². The number of nitriles is 1. The maximum absolute atomic E-state index is 12.5. The average Bonchev–Trinajstić information content (AvgIpc) is 2.27. The Morgan fingerprint density at radius 3 is 2.33 bits per heavy atom. The van der Waals surface area contributed by atoms with Crippen molar-refractivity contribution < 1.29 is 27.1 Å². The summed E-state index contributed by atoms with van der Waals surface area (Å²) in [6.45, 7) is -2.25. The molecule has 0 spiro atoms. The van der Waals surface area contributed by atoms with E-state index in [2.05, 4.69) is 4.74 Å². The molecule has 0 unspecified atom stereocenters. The predicted octanol–water partition coefficient (Wildman–Crippen LogP) is 3.30. The number of hydrogen-bond donors (Lipinski definition) is 0. The van der Waals surface area contributed by atoms with Gasteiger partial charge in [0.05, 0.1) is 11.1 Å². The topological polar surface area (TPSA) is 50.1 Å². The van der Waals surface area contributed by atoms with Crippen LogP contribution in [0.2, 0.25) is 0 Å². The van der Waals surface area contributed by atoms with Crippen LogP contribution in [0.5, 0.6) is 5.75 Å². The Morgan fingerprint density at radius 2 is 1.94 bits per heavy atom. The number of Topliss-reactive ketones (excluding diaryl/α,β-unsaturated/α-hetero) is 1. The normalized spacial score (nSPS) is 10.6. The highest BCUT2D eigenvalue weighted by molar-refractivity contribution is 5.97. The lowest BCUT2D eigenvalue weighted by Crippen LogP contribution is -2.09. The van der Waals surface area contributed by atoms with E-state index in [1.165, 1.54) is 6.07 Å². The van der Waals surface area contributed by atoms with Crippen LogP contribution in [-0.4, -0.2) is 12.4 Å². The van der Waals surface area contributed by atoms with Crippen molar-refractivity contribution in [2.24, 2.45) is 0 Å². The summed E-state index contributed by atoms with van der Waals surface area (Å²) in [5.41, 5.74) is -1.60. The molecule has 0 saturated carbocycles. The number of carbonyl (C=O) groups is 1. The lowest BCUT2D eigenvalue weighted by atomic mass is 10.0. The number of ketones is 1. The highest BCUT2D eigenvalue weighted by Gasteiger charge is 2.21. The Balaban J connectivity index is 3.47. The van der Waals surface area contributed by atoms with E-state index in [0.29, 0.717) is 0 Å². The smallest absolute Gasteiger partial charge is 0.387 e. The molecule has 0 heterocycles. The summed E-state index contributed by atoms with van der Waals surface area (Å²) >= 11 is 0. The van der Waals surface area contributed by atoms with Crippen LogP contribution in [0.1, 0.15) is 34.8 Å². The molecule has 0 aliphatic heterocycles. The van der Waals surface area contributed by atoms with Crippen molar-refractivity contribution in [3.63, 3.8) is 0 Å². The van der Waals surface area contributed by atoms with Crippen LogP contribution in [-0.2, 0) is 0 Å². The van der Waals surface area contributed by atoms with Gasteiger partial charge in [0.15, 0.2) is 11.5 Å². The van der Waals surface area contributed by atoms with E-state index in [1.54, 1.807) is 0 Å². The zero-order valence-electron chi connectivity index (χ0n) is 9.08. The van der Waals surface area contributed by atoms with Crippen molar-refractivity contribution >= 4 is 5.78 Å². The highest BCUT2D eigenvalue weighted by atomic mass is 19.3. The second-order valence-corrected chi connectivity index (χ2v) is 3.29. The minimum Gasteiger partial charge on any atom is -0.433 e. The number of rotatable bonds is 4. The van der Waals surface area contributed by atoms with Crippen molar-refractivity contribution in [3.05, 3.63) is 28.8 Å². The fourth-order valence-corrected chi connectivity index (χ4v) is 1.34. The SMILES string of the molecule is CC(=O)c1cc(C(F)F)cc(C#N)c1OC(F)F. The maximum Gasteiger partial charge on any atom is 0.387 e. The molecule has 1 aromatic carbocycles. The van der Waals surface area contributed by atoms with E-state index in [4.69, 9.17) is 5.26 Å². The van der Waals surface area contributed by atoms with Gasteiger partial charge in [0.25, 0.3) is 6.43 Å². The van der Waals surface area contributed by atoms with Gasteiger partial charge >= 0.3 is 6.61 Å². The summed E-state index contributed by atoms with van der Waals surface area (Å²) in [4.78, 5) is 11.2. The van der Waals surface area contributed by atoms with Gasteiger partial charge in [-0.2, -0.15) is 14.0 Å². The molecule has 0 amide bonds. The molecule has 18 heavy (non-hydrogen) atoms. The van der Waals surface area contributed by atoms with Crippen molar-refractivity contribution in [2.75, 3.05) is 0 Å². The number of alkyl halides is 4. The minimum atomic E-state index is -3.26. The number of carbonyl (C=O) groups excluding carboxylic acids is 1. The van der Waals surface area contributed by atoms with E-state index in [1.807, 2.05) is 0 Å². The maximum atomic E-state index is 12.5. The Labute approximate surface area is 99.6 Å².